The highest BCUT2D eigenvalue weighted by Gasteiger charge is 2.32. The number of ketones is 1. The average Bonchev–Trinajstić information content (AvgIpc) is 2.68. The van der Waals surface area contributed by atoms with Gasteiger partial charge in [-0.1, -0.05) is 25.7 Å². The lowest BCUT2D eigenvalue weighted by Crippen LogP contribution is -2.48. The van der Waals surface area contributed by atoms with Gasteiger partial charge in [0.25, 0.3) is 0 Å². The van der Waals surface area contributed by atoms with Crippen molar-refractivity contribution in [3.63, 3.8) is 0 Å². The van der Waals surface area contributed by atoms with E-state index in [0.29, 0.717) is 5.78 Å². The second kappa shape index (κ2) is 6.50. The molecule has 1 aliphatic carbocycles. The zero-order chi connectivity index (χ0) is 12.1. The Kier molecular flexibility index (Phi) is 4.99. The summed E-state index contributed by atoms with van der Waals surface area (Å²) in [4.78, 5) is 14.5. The molecule has 0 amide bonds. The maximum Gasteiger partial charge on any atom is 0.149 e. The molecule has 17 heavy (non-hydrogen) atoms. The van der Waals surface area contributed by atoms with E-state index in [1.807, 2.05) is 0 Å². The molecule has 3 heteroatoms. The van der Waals surface area contributed by atoms with E-state index < -0.39 is 0 Å². The predicted octanol–water partition coefficient (Wildman–Crippen LogP) is 2.13. The van der Waals surface area contributed by atoms with Crippen molar-refractivity contribution < 1.29 is 9.90 Å². The summed E-state index contributed by atoms with van der Waals surface area (Å²) < 4.78 is 0. The first kappa shape index (κ1) is 13.0. The predicted molar refractivity (Wildman–Crippen MR) is 67.9 cm³/mol. The summed E-state index contributed by atoms with van der Waals surface area (Å²) in [7, 11) is 0. The average molecular weight is 239 g/mol. The first-order valence-electron chi connectivity index (χ1n) is 7.22. The monoisotopic (exact) mass is 239 g/mol. The fraction of sp³-hybridized carbons (Fsp3) is 0.929. The summed E-state index contributed by atoms with van der Waals surface area (Å²) in [6, 6.07) is 0.331. The number of Topliss-reactive ketones (excluding diaryl/α,β-unsaturated/α-hetero) is 1. The van der Waals surface area contributed by atoms with Gasteiger partial charge in [-0.15, -0.1) is 0 Å². The molecular weight excluding hydrogens is 214 g/mol. The van der Waals surface area contributed by atoms with Crippen LogP contribution in [0, 0.1) is 0 Å². The number of likely N-dealkylation sites (tertiary alicyclic amines) is 1. The standard InChI is InChI=1S/C14H25NO2/c16-11-12-7-3-2-6-10-15(12)13-8-4-1-5-9-14(13)17/h12-13,16H,1-11H2. The molecule has 1 N–H and O–H groups in total. The highest BCUT2D eigenvalue weighted by atomic mass is 16.3. The van der Waals surface area contributed by atoms with Gasteiger partial charge in [-0.2, -0.15) is 0 Å². The molecule has 3 nitrogen and oxygen atoms in total. The first-order valence-corrected chi connectivity index (χ1v) is 7.22. The van der Waals surface area contributed by atoms with Crippen LogP contribution < -0.4 is 0 Å². The van der Waals surface area contributed by atoms with E-state index in [1.54, 1.807) is 0 Å². The van der Waals surface area contributed by atoms with E-state index in [-0.39, 0.29) is 18.7 Å². The van der Waals surface area contributed by atoms with Gasteiger partial charge in [0.1, 0.15) is 5.78 Å². The number of aliphatic hydroxyl groups excluding tert-OH is 1. The largest absolute Gasteiger partial charge is 0.395 e. The molecule has 0 aromatic carbocycles. The summed E-state index contributed by atoms with van der Waals surface area (Å²) in [5.74, 6) is 0.419. The molecule has 0 bridgehead atoms. The van der Waals surface area contributed by atoms with Crippen LogP contribution in [0.3, 0.4) is 0 Å². The fourth-order valence-electron chi connectivity index (χ4n) is 3.30. The Morgan fingerprint density at radius 1 is 1.06 bits per heavy atom. The minimum Gasteiger partial charge on any atom is -0.395 e. The number of carbonyl (C=O) groups excluding carboxylic acids is 1. The van der Waals surface area contributed by atoms with Gasteiger partial charge >= 0.3 is 0 Å². The van der Waals surface area contributed by atoms with E-state index in [2.05, 4.69) is 4.90 Å². The highest BCUT2D eigenvalue weighted by Crippen LogP contribution is 2.25. The summed E-state index contributed by atoms with van der Waals surface area (Å²) in [5.41, 5.74) is 0. The van der Waals surface area contributed by atoms with E-state index in [4.69, 9.17) is 0 Å². The number of hydrogen-bond acceptors (Lipinski definition) is 3. The lowest BCUT2D eigenvalue weighted by molar-refractivity contribution is -0.125. The Bertz CT molecular complexity index is 255. The second-order valence-corrected chi connectivity index (χ2v) is 5.51. The molecule has 0 radical (unpaired) electrons. The van der Waals surface area contributed by atoms with Crippen LogP contribution in [-0.2, 0) is 4.79 Å². The second-order valence-electron chi connectivity index (χ2n) is 5.51. The minimum absolute atomic E-state index is 0.104. The molecule has 0 aromatic heterocycles. The van der Waals surface area contributed by atoms with Crippen LogP contribution in [0.1, 0.15) is 57.8 Å². The van der Waals surface area contributed by atoms with Crippen molar-refractivity contribution in [2.75, 3.05) is 13.2 Å². The van der Waals surface area contributed by atoms with Gasteiger partial charge in [0.2, 0.25) is 0 Å². The third-order valence-electron chi connectivity index (χ3n) is 4.31. The van der Waals surface area contributed by atoms with Crippen molar-refractivity contribution >= 4 is 5.78 Å². The summed E-state index contributed by atoms with van der Waals surface area (Å²) >= 11 is 0. The van der Waals surface area contributed by atoms with Gasteiger partial charge in [-0.3, -0.25) is 9.69 Å². The van der Waals surface area contributed by atoms with Crippen LogP contribution in [0.25, 0.3) is 0 Å². The Hall–Kier alpha value is -0.410. The molecular formula is C14H25NO2. The lowest BCUT2D eigenvalue weighted by Gasteiger charge is -2.34. The molecule has 2 atom stereocenters. The Morgan fingerprint density at radius 2 is 1.82 bits per heavy atom. The molecule has 0 aromatic rings. The zero-order valence-corrected chi connectivity index (χ0v) is 10.7. The molecule has 1 saturated heterocycles. The molecule has 2 rings (SSSR count). The quantitative estimate of drug-likeness (QED) is 0.750. The third-order valence-corrected chi connectivity index (χ3v) is 4.31. The van der Waals surface area contributed by atoms with Gasteiger partial charge in [0.15, 0.2) is 0 Å². The minimum atomic E-state index is 0.104. The van der Waals surface area contributed by atoms with E-state index >= 15 is 0 Å². The molecule has 0 spiro atoms. The smallest absolute Gasteiger partial charge is 0.149 e. The van der Waals surface area contributed by atoms with Crippen LogP contribution in [0.2, 0.25) is 0 Å². The van der Waals surface area contributed by atoms with Crippen molar-refractivity contribution in [1.29, 1.82) is 0 Å². The van der Waals surface area contributed by atoms with Gasteiger partial charge in [0.05, 0.1) is 12.6 Å². The Labute approximate surface area is 104 Å². The van der Waals surface area contributed by atoms with Crippen LogP contribution in [0.15, 0.2) is 0 Å². The third kappa shape index (κ3) is 3.29. The lowest BCUT2D eigenvalue weighted by atomic mass is 10.0. The van der Waals surface area contributed by atoms with E-state index in [9.17, 15) is 9.90 Å². The Balaban J connectivity index is 2.07. The molecule has 1 heterocycles. The van der Waals surface area contributed by atoms with Crippen molar-refractivity contribution in [3.05, 3.63) is 0 Å². The van der Waals surface area contributed by atoms with Crippen molar-refractivity contribution in [2.45, 2.75) is 69.9 Å². The summed E-state index contributed by atoms with van der Waals surface area (Å²) in [6.45, 7) is 1.21. The van der Waals surface area contributed by atoms with Gasteiger partial charge in [-0.25, -0.2) is 0 Å². The van der Waals surface area contributed by atoms with Gasteiger partial charge < -0.3 is 5.11 Å². The topological polar surface area (TPSA) is 40.5 Å². The maximum absolute atomic E-state index is 12.2. The number of carbonyl (C=O) groups is 1. The molecule has 2 unspecified atom stereocenters. The fourth-order valence-corrected chi connectivity index (χ4v) is 3.30. The van der Waals surface area contributed by atoms with Crippen LogP contribution in [-0.4, -0.2) is 41.0 Å². The first-order chi connectivity index (χ1) is 8.33. The summed E-state index contributed by atoms with van der Waals surface area (Å²) in [5, 5.41) is 9.52. The maximum atomic E-state index is 12.2. The van der Waals surface area contributed by atoms with Crippen LogP contribution in [0.5, 0.6) is 0 Å². The van der Waals surface area contributed by atoms with Crippen molar-refractivity contribution in [2.24, 2.45) is 0 Å². The number of rotatable bonds is 2. The number of nitrogens with zero attached hydrogens (tertiary/aromatic N) is 1. The van der Waals surface area contributed by atoms with Crippen molar-refractivity contribution in [1.82, 2.24) is 4.90 Å². The van der Waals surface area contributed by atoms with Gasteiger partial charge in [-0.05, 0) is 32.2 Å². The number of aliphatic hydroxyl groups is 1. The summed E-state index contributed by atoms with van der Waals surface area (Å²) in [6.07, 6.45) is 9.86. The Morgan fingerprint density at radius 3 is 2.65 bits per heavy atom. The normalized spacial score (nSPS) is 33.1. The van der Waals surface area contributed by atoms with Crippen LogP contribution in [0.4, 0.5) is 0 Å². The SMILES string of the molecule is O=C1CCCCCC1N1CCCCCC1CO. The molecule has 1 aliphatic heterocycles. The highest BCUT2D eigenvalue weighted by molar-refractivity contribution is 5.84. The molecule has 98 valence electrons. The van der Waals surface area contributed by atoms with Crippen LogP contribution >= 0.6 is 0 Å². The molecule has 2 fully saturated rings. The van der Waals surface area contributed by atoms with Gasteiger partial charge in [0, 0.05) is 12.5 Å². The van der Waals surface area contributed by atoms with Crippen molar-refractivity contribution in [3.8, 4) is 0 Å². The number of hydrogen-bond donors (Lipinski definition) is 1. The van der Waals surface area contributed by atoms with E-state index in [0.717, 1.165) is 32.2 Å². The molecule has 2 aliphatic rings. The molecule has 1 saturated carbocycles. The van der Waals surface area contributed by atoms with E-state index in [1.165, 1.54) is 32.1 Å². The zero-order valence-electron chi connectivity index (χ0n) is 10.7.